The average molecular weight is 626 g/mol. The summed E-state index contributed by atoms with van der Waals surface area (Å²) in [5.41, 5.74) is -0.963. The molecule has 40 heavy (non-hydrogen) atoms. The van der Waals surface area contributed by atoms with Crippen LogP contribution < -0.4 is 14.5 Å². The summed E-state index contributed by atoms with van der Waals surface area (Å²) in [6.07, 6.45) is 1.30. The molecule has 0 bridgehead atoms. The van der Waals surface area contributed by atoms with Crippen LogP contribution in [0.25, 0.3) is 6.08 Å². The van der Waals surface area contributed by atoms with Gasteiger partial charge in [0, 0.05) is 12.1 Å². The summed E-state index contributed by atoms with van der Waals surface area (Å²) in [5.74, 6) is -11.8. The monoisotopic (exact) mass is 625 g/mol. The number of amides is 1. The number of nitrogens with zero attached hydrogens (tertiary/aromatic N) is 3. The number of ether oxygens (including phenoxy) is 2. The van der Waals surface area contributed by atoms with Gasteiger partial charge in [0.05, 0.1) is 27.3 Å². The number of nitro benzene ring substituents is 1. The number of carbonyl (C=O) groups is 1. The molecular formula is C26H17BrF5N3O5. The molecule has 208 valence electrons. The Morgan fingerprint density at radius 2 is 1.68 bits per heavy atom. The highest BCUT2D eigenvalue weighted by atomic mass is 79.9. The molecule has 0 aliphatic carbocycles. The van der Waals surface area contributed by atoms with Crippen molar-refractivity contribution in [3.8, 4) is 11.5 Å². The second-order valence-corrected chi connectivity index (χ2v) is 9.11. The number of nitro groups is 1. The predicted molar refractivity (Wildman–Crippen MR) is 138 cm³/mol. The second kappa shape index (κ2) is 11.4. The van der Waals surface area contributed by atoms with Crippen LogP contribution in [-0.4, -0.2) is 23.1 Å². The molecule has 8 nitrogen and oxygen atoms in total. The second-order valence-electron chi connectivity index (χ2n) is 8.26. The topological polar surface area (TPSA) is 94.3 Å². The van der Waals surface area contributed by atoms with Gasteiger partial charge >= 0.3 is 0 Å². The third kappa shape index (κ3) is 5.39. The van der Waals surface area contributed by atoms with E-state index in [-0.39, 0.29) is 46.7 Å². The number of rotatable bonds is 8. The van der Waals surface area contributed by atoms with E-state index >= 15 is 0 Å². The van der Waals surface area contributed by atoms with Crippen LogP contribution >= 0.6 is 15.9 Å². The first-order chi connectivity index (χ1) is 18.9. The molecule has 0 radical (unpaired) electrons. The number of carbonyl (C=O) groups excluding carboxylic acids is 1. The number of non-ortho nitro benzene ring substituents is 1. The lowest BCUT2D eigenvalue weighted by Gasteiger charge is -2.16. The van der Waals surface area contributed by atoms with E-state index in [1.54, 1.807) is 13.0 Å². The molecule has 0 saturated carbocycles. The minimum Gasteiger partial charge on any atom is -0.490 e. The lowest BCUT2D eigenvalue weighted by molar-refractivity contribution is -0.384. The number of hydrogen-bond donors (Lipinski definition) is 0. The zero-order valence-electron chi connectivity index (χ0n) is 20.6. The molecule has 0 atom stereocenters. The summed E-state index contributed by atoms with van der Waals surface area (Å²) >= 11 is 3.36. The molecule has 1 amide bonds. The van der Waals surface area contributed by atoms with Gasteiger partial charge in [0.1, 0.15) is 12.3 Å². The van der Waals surface area contributed by atoms with Crippen LogP contribution in [0.4, 0.5) is 33.3 Å². The number of hydrazone groups is 1. The van der Waals surface area contributed by atoms with Crippen LogP contribution in [0.15, 0.2) is 51.5 Å². The van der Waals surface area contributed by atoms with Gasteiger partial charge < -0.3 is 9.47 Å². The Morgan fingerprint density at radius 3 is 2.30 bits per heavy atom. The fourth-order valence-corrected chi connectivity index (χ4v) is 4.35. The Kier molecular flexibility index (Phi) is 8.18. The first kappa shape index (κ1) is 28.7. The fraction of sp³-hybridized carbons (Fsp3) is 0.154. The Bertz CT molecular complexity index is 1580. The zero-order valence-corrected chi connectivity index (χ0v) is 22.2. The van der Waals surface area contributed by atoms with Gasteiger partial charge in [-0.2, -0.15) is 10.1 Å². The van der Waals surface area contributed by atoms with Crippen LogP contribution in [0.5, 0.6) is 11.5 Å². The Morgan fingerprint density at radius 1 is 1.02 bits per heavy atom. The SMILES string of the molecule is CCOc1cc(/C=C2/C(=O)N(c3c(F)c(F)c(F)c(F)c3F)N=C2C)cc(Br)c1OCc1cccc([N+](=O)[O-])c1. The highest BCUT2D eigenvalue weighted by molar-refractivity contribution is 9.10. The maximum Gasteiger partial charge on any atom is 0.280 e. The summed E-state index contributed by atoms with van der Waals surface area (Å²) in [6.45, 7) is 3.21. The standard InChI is InChI=1S/C26H17BrF5N3O5/c1-3-39-18-10-14(9-17(27)25(18)40-11-13-5-4-6-15(7-13)35(37)38)8-16-12(2)33-34(26(16)36)24-22(31)20(29)19(28)21(30)23(24)32/h4-10H,3,11H2,1-2H3/b16-8+. The van der Waals surface area contributed by atoms with E-state index in [2.05, 4.69) is 21.0 Å². The van der Waals surface area contributed by atoms with Crippen molar-refractivity contribution in [3.63, 3.8) is 0 Å². The Labute approximate surface area is 231 Å². The third-order valence-corrected chi connectivity index (χ3v) is 6.20. The average Bonchev–Trinajstić information content (AvgIpc) is 3.18. The van der Waals surface area contributed by atoms with E-state index in [1.807, 2.05) is 0 Å². The van der Waals surface area contributed by atoms with Crippen molar-refractivity contribution in [1.82, 2.24) is 0 Å². The molecule has 3 aromatic carbocycles. The van der Waals surface area contributed by atoms with Gasteiger partial charge in [-0.25, -0.2) is 22.0 Å². The van der Waals surface area contributed by atoms with E-state index in [0.717, 1.165) is 0 Å². The molecule has 0 N–H and O–H groups in total. The molecule has 14 heteroatoms. The lowest BCUT2D eigenvalue weighted by Crippen LogP contribution is -2.25. The normalized spacial score (nSPS) is 14.1. The molecule has 3 aromatic rings. The smallest absolute Gasteiger partial charge is 0.280 e. The number of benzene rings is 3. The van der Waals surface area contributed by atoms with E-state index in [9.17, 15) is 36.9 Å². The van der Waals surface area contributed by atoms with Crippen molar-refractivity contribution < 1.29 is 41.1 Å². The minimum absolute atomic E-state index is 0.0398. The van der Waals surface area contributed by atoms with Crippen LogP contribution in [0.1, 0.15) is 25.0 Å². The van der Waals surface area contributed by atoms with E-state index in [1.165, 1.54) is 43.3 Å². The highest BCUT2D eigenvalue weighted by Crippen LogP contribution is 2.39. The molecule has 0 aromatic heterocycles. The fourth-order valence-electron chi connectivity index (χ4n) is 3.77. The summed E-state index contributed by atoms with van der Waals surface area (Å²) < 4.78 is 81.4. The Hall–Kier alpha value is -4.33. The number of halogens is 6. The highest BCUT2D eigenvalue weighted by Gasteiger charge is 2.37. The molecule has 1 aliphatic rings. The third-order valence-electron chi connectivity index (χ3n) is 5.61. The molecule has 4 rings (SSSR count). The van der Waals surface area contributed by atoms with Crippen molar-refractivity contribution in [1.29, 1.82) is 0 Å². The van der Waals surface area contributed by atoms with Crippen molar-refractivity contribution in [2.24, 2.45) is 5.10 Å². The maximum absolute atomic E-state index is 14.3. The summed E-state index contributed by atoms with van der Waals surface area (Å²) in [7, 11) is 0. The van der Waals surface area contributed by atoms with Crippen molar-refractivity contribution in [3.05, 3.63) is 96.8 Å². The molecule has 0 spiro atoms. The summed E-state index contributed by atoms with van der Waals surface area (Å²) in [5, 5.41) is 14.9. The number of hydrogen-bond acceptors (Lipinski definition) is 6. The molecule has 0 unspecified atom stereocenters. The van der Waals surface area contributed by atoms with Gasteiger partial charge in [-0.3, -0.25) is 14.9 Å². The largest absolute Gasteiger partial charge is 0.490 e. The first-order valence-electron chi connectivity index (χ1n) is 11.4. The molecule has 0 saturated heterocycles. The van der Waals surface area contributed by atoms with Crippen LogP contribution in [0.2, 0.25) is 0 Å². The van der Waals surface area contributed by atoms with Gasteiger partial charge in [-0.05, 0) is 59.1 Å². The van der Waals surface area contributed by atoms with Gasteiger partial charge in [-0.1, -0.05) is 12.1 Å². The van der Waals surface area contributed by atoms with E-state index in [4.69, 9.17) is 9.47 Å². The molecule has 1 aliphatic heterocycles. The lowest BCUT2D eigenvalue weighted by atomic mass is 10.1. The summed E-state index contributed by atoms with van der Waals surface area (Å²) in [6, 6.07) is 8.88. The zero-order chi connectivity index (χ0) is 29.3. The molecule has 0 fully saturated rings. The van der Waals surface area contributed by atoms with Crippen LogP contribution in [0.3, 0.4) is 0 Å². The quantitative estimate of drug-likeness (QED) is 0.0682. The van der Waals surface area contributed by atoms with Crippen LogP contribution in [0, 0.1) is 39.2 Å². The minimum atomic E-state index is -2.36. The van der Waals surface area contributed by atoms with Crippen molar-refractivity contribution in [2.75, 3.05) is 11.6 Å². The van der Waals surface area contributed by atoms with Gasteiger partial charge in [0.2, 0.25) is 5.82 Å². The maximum atomic E-state index is 14.3. The number of anilines is 1. The van der Waals surface area contributed by atoms with Crippen LogP contribution in [-0.2, 0) is 11.4 Å². The van der Waals surface area contributed by atoms with Crippen molar-refractivity contribution in [2.45, 2.75) is 20.5 Å². The first-order valence-corrected chi connectivity index (χ1v) is 12.2. The summed E-state index contributed by atoms with van der Waals surface area (Å²) in [4.78, 5) is 23.5. The van der Waals surface area contributed by atoms with Gasteiger partial charge in [0.15, 0.2) is 34.8 Å². The van der Waals surface area contributed by atoms with Gasteiger partial charge in [0.25, 0.3) is 11.6 Å². The van der Waals surface area contributed by atoms with E-state index in [0.29, 0.717) is 15.6 Å². The molecule has 1 heterocycles. The van der Waals surface area contributed by atoms with Gasteiger partial charge in [-0.15, -0.1) is 0 Å². The van der Waals surface area contributed by atoms with Crippen molar-refractivity contribution >= 4 is 45.0 Å². The van der Waals surface area contributed by atoms with E-state index < -0.39 is 45.6 Å². The predicted octanol–water partition coefficient (Wildman–Crippen LogP) is 6.84. The molecular weight excluding hydrogens is 609 g/mol. The Balaban J connectivity index is 1.66.